The first kappa shape index (κ1) is 8.37. The largest absolute Gasteiger partial charge is 0.256 e. The minimum Gasteiger partial charge on any atom is -0.256 e. The summed E-state index contributed by atoms with van der Waals surface area (Å²) in [6, 6.07) is 1.86. The van der Waals surface area contributed by atoms with Crippen molar-refractivity contribution < 1.29 is 0 Å². The molecule has 0 saturated carbocycles. The first-order valence-corrected chi connectivity index (χ1v) is 4.56. The second-order valence-corrected chi connectivity index (χ2v) is 3.36. The molecule has 5 heteroatoms. The minimum atomic E-state index is 0.758. The molecule has 0 unspecified atom stereocenters. The summed E-state index contributed by atoms with van der Waals surface area (Å²) in [5.41, 5.74) is 0.859. The molecular weight excluding hydrogens is 232 g/mol. The van der Waals surface area contributed by atoms with Gasteiger partial charge in [-0.3, -0.25) is 4.98 Å². The molecular formula is C8H7BrN4. The van der Waals surface area contributed by atoms with Gasteiger partial charge in [-0.05, 0) is 28.9 Å². The lowest BCUT2D eigenvalue weighted by atomic mass is 10.4. The van der Waals surface area contributed by atoms with Crippen molar-refractivity contribution in [3.8, 4) is 5.82 Å². The van der Waals surface area contributed by atoms with Crippen molar-refractivity contribution in [3.05, 3.63) is 35.0 Å². The van der Waals surface area contributed by atoms with Crippen LogP contribution in [-0.4, -0.2) is 19.7 Å². The lowest BCUT2D eigenvalue weighted by Gasteiger charge is -2.01. The van der Waals surface area contributed by atoms with Crippen LogP contribution in [0.25, 0.3) is 5.82 Å². The van der Waals surface area contributed by atoms with Crippen LogP contribution in [0.1, 0.15) is 5.69 Å². The minimum absolute atomic E-state index is 0.758. The van der Waals surface area contributed by atoms with E-state index in [1.165, 1.54) is 0 Å². The van der Waals surface area contributed by atoms with Crippen molar-refractivity contribution in [2.75, 3.05) is 0 Å². The maximum absolute atomic E-state index is 4.18. The molecule has 2 rings (SSSR count). The van der Waals surface area contributed by atoms with Gasteiger partial charge in [-0.25, -0.2) is 9.67 Å². The highest BCUT2D eigenvalue weighted by atomic mass is 79.9. The van der Waals surface area contributed by atoms with Crippen LogP contribution in [0.2, 0.25) is 0 Å². The molecule has 13 heavy (non-hydrogen) atoms. The molecule has 2 aromatic heterocycles. The van der Waals surface area contributed by atoms with Crippen LogP contribution in [-0.2, 0) is 0 Å². The van der Waals surface area contributed by atoms with Gasteiger partial charge in [-0.1, -0.05) is 0 Å². The van der Waals surface area contributed by atoms with Crippen molar-refractivity contribution in [1.82, 2.24) is 19.7 Å². The fourth-order valence-electron chi connectivity index (χ4n) is 1.04. The summed E-state index contributed by atoms with van der Waals surface area (Å²) in [6.07, 6.45) is 5.15. The van der Waals surface area contributed by atoms with E-state index in [4.69, 9.17) is 0 Å². The molecule has 4 nitrogen and oxygen atoms in total. The molecule has 0 aliphatic heterocycles. The van der Waals surface area contributed by atoms with Gasteiger partial charge in [-0.2, -0.15) is 5.10 Å². The Labute approximate surface area is 83.8 Å². The van der Waals surface area contributed by atoms with Gasteiger partial charge in [0.1, 0.15) is 4.60 Å². The first-order valence-electron chi connectivity index (χ1n) is 3.76. The van der Waals surface area contributed by atoms with Crippen LogP contribution in [0.15, 0.2) is 29.3 Å². The topological polar surface area (TPSA) is 43.6 Å². The zero-order valence-corrected chi connectivity index (χ0v) is 8.56. The summed E-state index contributed by atoms with van der Waals surface area (Å²) < 4.78 is 2.48. The van der Waals surface area contributed by atoms with Crippen LogP contribution in [0.4, 0.5) is 0 Å². The Kier molecular flexibility index (Phi) is 2.10. The fraction of sp³-hybridized carbons (Fsp3) is 0.125. The highest BCUT2D eigenvalue weighted by Gasteiger charge is 2.03. The van der Waals surface area contributed by atoms with Crippen LogP contribution in [0, 0.1) is 6.92 Å². The number of hydrogen-bond acceptors (Lipinski definition) is 3. The zero-order valence-electron chi connectivity index (χ0n) is 6.98. The third-order valence-corrected chi connectivity index (χ3v) is 2.05. The smallest absolute Gasteiger partial charge is 0.174 e. The SMILES string of the molecule is Cc1nccnc1-n1ccc(Br)n1. The Bertz CT molecular complexity index is 424. The van der Waals surface area contributed by atoms with Gasteiger partial charge in [0.2, 0.25) is 0 Å². The monoisotopic (exact) mass is 238 g/mol. The molecule has 0 aliphatic carbocycles. The molecule has 0 N–H and O–H groups in total. The average Bonchev–Trinajstić information content (AvgIpc) is 2.53. The van der Waals surface area contributed by atoms with Gasteiger partial charge in [0, 0.05) is 18.6 Å². The van der Waals surface area contributed by atoms with Crippen molar-refractivity contribution in [2.24, 2.45) is 0 Å². The number of rotatable bonds is 1. The van der Waals surface area contributed by atoms with E-state index in [2.05, 4.69) is 31.0 Å². The van der Waals surface area contributed by atoms with Gasteiger partial charge in [0.15, 0.2) is 5.82 Å². The Morgan fingerprint density at radius 2 is 2.08 bits per heavy atom. The zero-order chi connectivity index (χ0) is 9.26. The lowest BCUT2D eigenvalue weighted by molar-refractivity contribution is 0.817. The van der Waals surface area contributed by atoms with Crippen LogP contribution >= 0.6 is 15.9 Å². The quantitative estimate of drug-likeness (QED) is 0.761. The molecule has 0 saturated heterocycles. The van der Waals surface area contributed by atoms with Crippen LogP contribution in [0.5, 0.6) is 0 Å². The molecule has 0 fully saturated rings. The first-order chi connectivity index (χ1) is 6.27. The molecule has 0 spiro atoms. The Morgan fingerprint density at radius 3 is 2.69 bits per heavy atom. The predicted octanol–water partition coefficient (Wildman–Crippen LogP) is 1.73. The van der Waals surface area contributed by atoms with E-state index in [1.54, 1.807) is 17.1 Å². The molecule has 0 bridgehead atoms. The Morgan fingerprint density at radius 1 is 1.31 bits per heavy atom. The number of halogens is 1. The van der Waals surface area contributed by atoms with E-state index in [9.17, 15) is 0 Å². The van der Waals surface area contributed by atoms with Crippen molar-refractivity contribution >= 4 is 15.9 Å². The highest BCUT2D eigenvalue weighted by Crippen LogP contribution is 2.10. The van der Waals surface area contributed by atoms with Crippen molar-refractivity contribution in [3.63, 3.8) is 0 Å². The van der Waals surface area contributed by atoms with Gasteiger partial charge in [0.25, 0.3) is 0 Å². The van der Waals surface area contributed by atoms with Crippen molar-refractivity contribution in [2.45, 2.75) is 6.92 Å². The van der Waals surface area contributed by atoms with E-state index in [0.717, 1.165) is 16.1 Å². The summed E-state index contributed by atoms with van der Waals surface area (Å²) in [5, 5.41) is 4.17. The number of hydrogen-bond donors (Lipinski definition) is 0. The number of aromatic nitrogens is 4. The third-order valence-electron chi connectivity index (χ3n) is 1.63. The molecule has 0 atom stereocenters. The van der Waals surface area contributed by atoms with E-state index in [0.29, 0.717) is 0 Å². The summed E-state index contributed by atoms with van der Waals surface area (Å²) in [5.74, 6) is 0.758. The van der Waals surface area contributed by atoms with Gasteiger partial charge in [-0.15, -0.1) is 0 Å². The second-order valence-electron chi connectivity index (χ2n) is 2.55. The van der Waals surface area contributed by atoms with E-state index < -0.39 is 0 Å². The second kappa shape index (κ2) is 3.26. The fourth-order valence-corrected chi connectivity index (χ4v) is 1.33. The molecule has 0 aliphatic rings. The number of nitrogens with zero attached hydrogens (tertiary/aromatic N) is 4. The van der Waals surface area contributed by atoms with Gasteiger partial charge < -0.3 is 0 Å². The summed E-state index contributed by atoms with van der Waals surface area (Å²) in [4.78, 5) is 8.31. The van der Waals surface area contributed by atoms with Crippen molar-refractivity contribution in [1.29, 1.82) is 0 Å². The van der Waals surface area contributed by atoms with E-state index in [-0.39, 0.29) is 0 Å². The average molecular weight is 239 g/mol. The molecule has 2 aromatic rings. The summed E-state index contributed by atoms with van der Waals surface area (Å²) >= 11 is 3.27. The van der Waals surface area contributed by atoms with Crippen LogP contribution < -0.4 is 0 Å². The lowest BCUT2D eigenvalue weighted by Crippen LogP contribution is -2.01. The van der Waals surface area contributed by atoms with Gasteiger partial charge >= 0.3 is 0 Å². The van der Waals surface area contributed by atoms with E-state index >= 15 is 0 Å². The normalized spacial score (nSPS) is 10.3. The third kappa shape index (κ3) is 1.60. The van der Waals surface area contributed by atoms with Crippen LogP contribution in [0.3, 0.4) is 0 Å². The summed E-state index contributed by atoms with van der Waals surface area (Å²) in [6.45, 7) is 1.90. The maximum atomic E-state index is 4.18. The molecule has 0 radical (unpaired) electrons. The standard InChI is InChI=1S/C8H7BrN4/c1-6-8(11-4-3-10-6)13-5-2-7(9)12-13/h2-5H,1H3. The Hall–Kier alpha value is -1.23. The summed E-state index contributed by atoms with van der Waals surface area (Å²) in [7, 11) is 0. The molecule has 66 valence electrons. The number of aryl methyl sites for hydroxylation is 1. The molecule has 0 aromatic carbocycles. The molecule has 2 heterocycles. The Balaban J connectivity index is 2.52. The maximum Gasteiger partial charge on any atom is 0.174 e. The van der Waals surface area contributed by atoms with Gasteiger partial charge in [0.05, 0.1) is 5.69 Å². The highest BCUT2D eigenvalue weighted by molar-refractivity contribution is 9.10. The predicted molar refractivity (Wildman–Crippen MR) is 51.6 cm³/mol. The molecule has 0 amide bonds. The van der Waals surface area contributed by atoms with E-state index in [1.807, 2.05) is 19.2 Å².